The lowest BCUT2D eigenvalue weighted by atomic mass is 10.2. The van der Waals surface area contributed by atoms with Crippen molar-refractivity contribution in [2.75, 3.05) is 6.61 Å². The molecule has 0 aliphatic rings. The summed E-state index contributed by atoms with van der Waals surface area (Å²) in [5.74, 6) is -0.195. The first-order valence-corrected chi connectivity index (χ1v) is 9.78. The highest BCUT2D eigenvalue weighted by Gasteiger charge is 2.31. The van der Waals surface area contributed by atoms with Crippen LogP contribution >= 0.6 is 23.4 Å². The summed E-state index contributed by atoms with van der Waals surface area (Å²) in [5, 5.41) is 1.88. The van der Waals surface area contributed by atoms with Crippen molar-refractivity contribution in [3.05, 3.63) is 65.3 Å². The minimum Gasteiger partial charge on any atom is -0.465 e. The smallest absolute Gasteiger partial charge is 0.321 e. The van der Waals surface area contributed by atoms with E-state index in [9.17, 15) is 4.79 Å². The summed E-state index contributed by atoms with van der Waals surface area (Å²) in [6.07, 6.45) is 2.12. The van der Waals surface area contributed by atoms with Crippen LogP contribution in [0, 0.1) is 0 Å². The predicted octanol–water partition coefficient (Wildman–Crippen LogP) is 5.78. The van der Waals surface area contributed by atoms with E-state index in [1.54, 1.807) is 11.8 Å². The molecule has 26 heavy (non-hydrogen) atoms. The number of fused-ring (bicyclic) bond motifs is 1. The summed E-state index contributed by atoms with van der Waals surface area (Å²) >= 11 is 7.53. The van der Waals surface area contributed by atoms with Gasteiger partial charge in [-0.2, -0.15) is 0 Å². The third-order valence-corrected chi connectivity index (χ3v) is 5.62. The third-order valence-electron chi connectivity index (χ3n) is 4.15. The normalized spacial score (nSPS) is 11.7. The molecule has 0 saturated carbocycles. The van der Waals surface area contributed by atoms with Crippen LogP contribution in [0.1, 0.15) is 26.3 Å². The highest BCUT2D eigenvalue weighted by atomic mass is 35.5. The second kappa shape index (κ2) is 7.77. The van der Waals surface area contributed by atoms with E-state index in [0.29, 0.717) is 6.61 Å². The lowest BCUT2D eigenvalue weighted by molar-refractivity contribution is -0.145. The second-order valence-corrected chi connectivity index (χ2v) is 8.70. The Kier molecular flexibility index (Phi) is 5.64. The maximum atomic E-state index is 12.3. The zero-order chi connectivity index (χ0) is 18.7. The standard InChI is InChI=1S/C21H22ClNO2S/c1-4-25-20(24)21(2,3)26-19-14-23(18-8-6-5-7-17(18)19)13-15-9-11-16(22)12-10-15/h5-12,14H,4,13H2,1-3H3. The highest BCUT2D eigenvalue weighted by molar-refractivity contribution is 8.01. The van der Waals surface area contributed by atoms with E-state index in [0.717, 1.165) is 27.4 Å². The van der Waals surface area contributed by atoms with Gasteiger partial charge in [0.2, 0.25) is 0 Å². The average molecular weight is 388 g/mol. The van der Waals surface area contributed by atoms with E-state index < -0.39 is 4.75 Å². The SMILES string of the molecule is CCOC(=O)C(C)(C)Sc1cn(Cc2ccc(Cl)cc2)c2ccccc12. The monoisotopic (exact) mass is 387 g/mol. The second-order valence-electron chi connectivity index (χ2n) is 6.60. The summed E-state index contributed by atoms with van der Waals surface area (Å²) in [6.45, 7) is 6.78. The summed E-state index contributed by atoms with van der Waals surface area (Å²) in [5.41, 5.74) is 2.32. The molecule has 0 N–H and O–H groups in total. The number of halogens is 1. The molecule has 136 valence electrons. The van der Waals surface area contributed by atoms with Crippen LogP contribution in [0.2, 0.25) is 5.02 Å². The molecule has 3 nitrogen and oxygen atoms in total. The van der Waals surface area contributed by atoms with E-state index in [1.807, 2.05) is 57.2 Å². The molecular formula is C21H22ClNO2S. The van der Waals surface area contributed by atoms with Crippen molar-refractivity contribution in [3.8, 4) is 0 Å². The summed E-state index contributed by atoms with van der Waals surface area (Å²) in [4.78, 5) is 13.3. The van der Waals surface area contributed by atoms with Crippen LogP contribution in [0.3, 0.4) is 0 Å². The van der Waals surface area contributed by atoms with Crippen LogP contribution in [0.4, 0.5) is 0 Å². The third kappa shape index (κ3) is 4.08. The Labute approximate surface area is 163 Å². The first-order chi connectivity index (χ1) is 12.4. The van der Waals surface area contributed by atoms with Gasteiger partial charge in [0.05, 0.1) is 6.61 Å². The zero-order valence-corrected chi connectivity index (χ0v) is 16.7. The number of carbonyl (C=O) groups is 1. The Morgan fingerprint density at radius 2 is 1.85 bits per heavy atom. The fourth-order valence-corrected chi connectivity index (χ4v) is 4.11. The number of para-hydroxylation sites is 1. The van der Waals surface area contributed by atoms with Gasteiger partial charge in [-0.25, -0.2) is 0 Å². The Balaban J connectivity index is 1.94. The van der Waals surface area contributed by atoms with E-state index in [2.05, 4.69) is 22.9 Å². The largest absolute Gasteiger partial charge is 0.465 e. The van der Waals surface area contributed by atoms with Crippen molar-refractivity contribution in [2.24, 2.45) is 0 Å². The number of hydrogen-bond acceptors (Lipinski definition) is 3. The number of ether oxygens (including phenoxy) is 1. The lowest BCUT2D eigenvalue weighted by Gasteiger charge is -2.21. The number of carbonyl (C=O) groups excluding carboxylic acids is 1. The molecule has 0 spiro atoms. The Morgan fingerprint density at radius 1 is 1.15 bits per heavy atom. The van der Waals surface area contributed by atoms with Crippen molar-refractivity contribution in [2.45, 2.75) is 37.0 Å². The summed E-state index contributed by atoms with van der Waals surface area (Å²) < 4.78 is 6.79. The summed E-state index contributed by atoms with van der Waals surface area (Å²) in [7, 11) is 0. The molecule has 0 amide bonds. The summed E-state index contributed by atoms with van der Waals surface area (Å²) in [6, 6.07) is 16.1. The molecule has 3 aromatic rings. The minimum absolute atomic E-state index is 0.195. The van der Waals surface area contributed by atoms with Gasteiger partial charge in [0.25, 0.3) is 0 Å². The van der Waals surface area contributed by atoms with Crippen LogP contribution in [0.5, 0.6) is 0 Å². The number of thioether (sulfide) groups is 1. The molecular weight excluding hydrogens is 366 g/mol. The predicted molar refractivity (Wildman–Crippen MR) is 109 cm³/mol. The van der Waals surface area contributed by atoms with Gasteiger partial charge in [0, 0.05) is 33.6 Å². The fraction of sp³-hybridized carbons (Fsp3) is 0.286. The van der Waals surface area contributed by atoms with Crippen LogP contribution < -0.4 is 0 Å². The molecule has 0 unspecified atom stereocenters. The van der Waals surface area contributed by atoms with Gasteiger partial charge in [-0.1, -0.05) is 41.9 Å². The maximum Gasteiger partial charge on any atom is 0.321 e. The van der Waals surface area contributed by atoms with Crippen molar-refractivity contribution >= 4 is 40.2 Å². The van der Waals surface area contributed by atoms with Crippen molar-refractivity contribution < 1.29 is 9.53 Å². The molecule has 0 saturated heterocycles. The minimum atomic E-state index is -0.648. The Morgan fingerprint density at radius 3 is 2.54 bits per heavy atom. The van der Waals surface area contributed by atoms with Gasteiger partial charge in [0.15, 0.2) is 0 Å². The van der Waals surface area contributed by atoms with Crippen LogP contribution in [-0.2, 0) is 16.1 Å². The van der Waals surface area contributed by atoms with E-state index >= 15 is 0 Å². The van der Waals surface area contributed by atoms with Crippen LogP contribution in [-0.4, -0.2) is 21.9 Å². The molecule has 2 aromatic carbocycles. The van der Waals surface area contributed by atoms with E-state index in [4.69, 9.17) is 16.3 Å². The first-order valence-electron chi connectivity index (χ1n) is 8.59. The van der Waals surface area contributed by atoms with Gasteiger partial charge in [-0.05, 0) is 44.5 Å². The molecule has 0 atom stereocenters. The number of hydrogen-bond donors (Lipinski definition) is 0. The van der Waals surface area contributed by atoms with Crippen molar-refractivity contribution in [1.29, 1.82) is 0 Å². The van der Waals surface area contributed by atoms with E-state index in [-0.39, 0.29) is 5.97 Å². The lowest BCUT2D eigenvalue weighted by Crippen LogP contribution is -2.29. The zero-order valence-electron chi connectivity index (χ0n) is 15.2. The molecule has 0 aliphatic carbocycles. The highest BCUT2D eigenvalue weighted by Crippen LogP contribution is 2.39. The molecule has 0 bridgehead atoms. The van der Waals surface area contributed by atoms with Crippen LogP contribution in [0.15, 0.2) is 59.6 Å². The fourth-order valence-electron chi connectivity index (χ4n) is 2.83. The van der Waals surface area contributed by atoms with Crippen molar-refractivity contribution in [1.82, 2.24) is 4.57 Å². The average Bonchev–Trinajstić information content (AvgIpc) is 2.94. The maximum absolute atomic E-state index is 12.3. The van der Waals surface area contributed by atoms with Gasteiger partial charge in [-0.3, -0.25) is 4.79 Å². The molecule has 1 aromatic heterocycles. The molecule has 0 fully saturated rings. The Bertz CT molecular complexity index is 915. The molecule has 0 radical (unpaired) electrons. The molecule has 3 rings (SSSR count). The number of esters is 1. The molecule has 0 aliphatic heterocycles. The molecule has 1 heterocycles. The molecule has 5 heteroatoms. The van der Waals surface area contributed by atoms with Gasteiger partial charge < -0.3 is 9.30 Å². The first kappa shape index (κ1) is 18.9. The van der Waals surface area contributed by atoms with Crippen LogP contribution in [0.25, 0.3) is 10.9 Å². The number of aromatic nitrogens is 1. The number of rotatable bonds is 6. The number of nitrogens with zero attached hydrogens (tertiary/aromatic N) is 1. The van der Waals surface area contributed by atoms with Gasteiger partial charge in [0.1, 0.15) is 4.75 Å². The quantitative estimate of drug-likeness (QED) is 0.397. The van der Waals surface area contributed by atoms with Gasteiger partial charge >= 0.3 is 5.97 Å². The topological polar surface area (TPSA) is 31.2 Å². The number of benzene rings is 2. The Hall–Kier alpha value is -1.91. The van der Waals surface area contributed by atoms with Gasteiger partial charge in [-0.15, -0.1) is 11.8 Å². The van der Waals surface area contributed by atoms with Crippen molar-refractivity contribution in [3.63, 3.8) is 0 Å². The van der Waals surface area contributed by atoms with E-state index in [1.165, 1.54) is 5.56 Å².